The number of carbonyl (C=O) groups is 2. The van der Waals surface area contributed by atoms with E-state index in [0.29, 0.717) is 6.04 Å². The maximum Gasteiger partial charge on any atom is 0.414 e. The summed E-state index contributed by atoms with van der Waals surface area (Å²) in [5.41, 5.74) is 1.36. The molecule has 0 amide bonds. The molecule has 6 heteroatoms. The molecule has 0 fully saturated rings. The Hall–Kier alpha value is -2.37. The lowest BCUT2D eigenvalue weighted by molar-refractivity contribution is -0.159. The van der Waals surface area contributed by atoms with Crippen LogP contribution in [0.15, 0.2) is 35.3 Å². The van der Waals surface area contributed by atoms with Gasteiger partial charge >= 0.3 is 11.9 Å². The zero-order chi connectivity index (χ0) is 15.1. The molecule has 6 nitrogen and oxygen atoms in total. The van der Waals surface area contributed by atoms with Crippen molar-refractivity contribution in [2.45, 2.75) is 19.9 Å². The number of hydrogen-bond acceptors (Lipinski definition) is 4. The summed E-state index contributed by atoms with van der Waals surface area (Å²) in [4.78, 5) is 25.0. The van der Waals surface area contributed by atoms with Crippen molar-refractivity contribution in [2.75, 3.05) is 13.1 Å². The number of aliphatic imine (C=N–C) groups is 1. The van der Waals surface area contributed by atoms with E-state index in [4.69, 9.17) is 19.8 Å². The molecule has 1 aromatic rings. The van der Waals surface area contributed by atoms with Crippen molar-refractivity contribution in [1.82, 2.24) is 4.90 Å². The first-order valence-electron chi connectivity index (χ1n) is 6.22. The van der Waals surface area contributed by atoms with Crippen LogP contribution in [0.25, 0.3) is 0 Å². The van der Waals surface area contributed by atoms with E-state index in [0.717, 1.165) is 13.1 Å². The monoisotopic (exact) mass is 278 g/mol. The van der Waals surface area contributed by atoms with Gasteiger partial charge in [-0.05, 0) is 19.4 Å². The standard InChI is InChI=1S/C12H16N2.C2H2O4/c1-10(12-6-4-3-5-7-12)14-9-8-13-11(14)2;3-1(4)2(5)6/h3-7,10H,8-9H2,1-2H3;(H,3,4)(H,5,6). The van der Waals surface area contributed by atoms with Gasteiger partial charge in [-0.25, -0.2) is 9.59 Å². The number of aliphatic carboxylic acids is 2. The molecule has 0 bridgehead atoms. The van der Waals surface area contributed by atoms with E-state index in [1.165, 1.54) is 11.4 Å². The second kappa shape index (κ2) is 7.28. The van der Waals surface area contributed by atoms with E-state index in [9.17, 15) is 0 Å². The molecular weight excluding hydrogens is 260 g/mol. The van der Waals surface area contributed by atoms with Crippen molar-refractivity contribution in [3.8, 4) is 0 Å². The summed E-state index contributed by atoms with van der Waals surface area (Å²) in [7, 11) is 0. The van der Waals surface area contributed by atoms with E-state index >= 15 is 0 Å². The van der Waals surface area contributed by atoms with Gasteiger partial charge < -0.3 is 15.1 Å². The predicted octanol–water partition coefficient (Wildman–Crippen LogP) is 1.64. The Labute approximate surface area is 117 Å². The largest absolute Gasteiger partial charge is 0.473 e. The first-order valence-corrected chi connectivity index (χ1v) is 6.22. The average Bonchev–Trinajstić information content (AvgIpc) is 2.86. The number of hydrogen-bond donors (Lipinski definition) is 2. The summed E-state index contributed by atoms with van der Waals surface area (Å²) >= 11 is 0. The van der Waals surface area contributed by atoms with Crippen molar-refractivity contribution < 1.29 is 19.8 Å². The summed E-state index contributed by atoms with van der Waals surface area (Å²) in [5, 5.41) is 14.8. The van der Waals surface area contributed by atoms with Gasteiger partial charge in [0.05, 0.1) is 18.4 Å². The molecule has 0 saturated carbocycles. The van der Waals surface area contributed by atoms with Gasteiger partial charge in [-0.3, -0.25) is 4.99 Å². The summed E-state index contributed by atoms with van der Waals surface area (Å²) in [6.45, 7) is 6.33. The molecule has 108 valence electrons. The van der Waals surface area contributed by atoms with E-state index in [1.54, 1.807) is 0 Å². The van der Waals surface area contributed by atoms with Crippen LogP contribution in [0.1, 0.15) is 25.5 Å². The second-order valence-electron chi connectivity index (χ2n) is 4.32. The fraction of sp³-hybridized carbons (Fsp3) is 0.357. The Balaban J connectivity index is 0.000000286. The predicted molar refractivity (Wildman–Crippen MR) is 74.8 cm³/mol. The smallest absolute Gasteiger partial charge is 0.414 e. The minimum Gasteiger partial charge on any atom is -0.473 e. The quantitative estimate of drug-likeness (QED) is 0.802. The van der Waals surface area contributed by atoms with E-state index in [2.05, 4.69) is 54.1 Å². The number of amidine groups is 1. The molecule has 0 radical (unpaired) electrons. The summed E-state index contributed by atoms with van der Waals surface area (Å²) < 4.78 is 0. The van der Waals surface area contributed by atoms with Crippen LogP contribution in [0.3, 0.4) is 0 Å². The van der Waals surface area contributed by atoms with E-state index in [-0.39, 0.29) is 0 Å². The van der Waals surface area contributed by atoms with Gasteiger partial charge in [-0.1, -0.05) is 30.3 Å². The SMILES string of the molecule is CC1=NCCN1C(C)c1ccccc1.O=C(O)C(=O)O. The van der Waals surface area contributed by atoms with Gasteiger partial charge in [0.25, 0.3) is 0 Å². The summed E-state index contributed by atoms with van der Waals surface area (Å²) in [6.07, 6.45) is 0. The van der Waals surface area contributed by atoms with Crippen LogP contribution in [-0.2, 0) is 9.59 Å². The lowest BCUT2D eigenvalue weighted by Gasteiger charge is -2.26. The molecule has 20 heavy (non-hydrogen) atoms. The minimum atomic E-state index is -1.82. The van der Waals surface area contributed by atoms with Gasteiger partial charge in [0.15, 0.2) is 0 Å². The van der Waals surface area contributed by atoms with Crippen LogP contribution in [0.4, 0.5) is 0 Å². The highest BCUT2D eigenvalue weighted by atomic mass is 16.4. The molecule has 1 atom stereocenters. The highest BCUT2D eigenvalue weighted by Crippen LogP contribution is 2.21. The highest BCUT2D eigenvalue weighted by molar-refractivity contribution is 6.27. The zero-order valence-corrected chi connectivity index (χ0v) is 11.5. The molecule has 1 heterocycles. The van der Waals surface area contributed by atoms with Gasteiger partial charge in [0.2, 0.25) is 0 Å². The zero-order valence-electron chi connectivity index (χ0n) is 11.5. The van der Waals surface area contributed by atoms with Crippen LogP contribution in [0.2, 0.25) is 0 Å². The Kier molecular flexibility index (Phi) is 5.71. The molecule has 0 aromatic heterocycles. The van der Waals surface area contributed by atoms with Crippen LogP contribution >= 0.6 is 0 Å². The molecular formula is C14H18N2O4. The normalized spacial score (nSPS) is 14.9. The van der Waals surface area contributed by atoms with Gasteiger partial charge in [-0.15, -0.1) is 0 Å². The van der Waals surface area contributed by atoms with Crippen LogP contribution in [0, 0.1) is 0 Å². The van der Waals surface area contributed by atoms with E-state index in [1.807, 2.05) is 0 Å². The van der Waals surface area contributed by atoms with E-state index < -0.39 is 11.9 Å². The molecule has 1 aliphatic rings. The fourth-order valence-electron chi connectivity index (χ4n) is 1.96. The van der Waals surface area contributed by atoms with Crippen molar-refractivity contribution in [2.24, 2.45) is 4.99 Å². The van der Waals surface area contributed by atoms with Crippen LogP contribution < -0.4 is 0 Å². The molecule has 0 aliphatic carbocycles. The molecule has 1 aromatic carbocycles. The summed E-state index contributed by atoms with van der Waals surface area (Å²) in [5.74, 6) is -2.48. The lowest BCUT2D eigenvalue weighted by Crippen LogP contribution is -2.28. The third kappa shape index (κ3) is 4.38. The highest BCUT2D eigenvalue weighted by Gasteiger charge is 2.19. The lowest BCUT2D eigenvalue weighted by atomic mass is 10.1. The molecule has 1 aliphatic heterocycles. The summed E-state index contributed by atoms with van der Waals surface area (Å²) in [6, 6.07) is 11.0. The molecule has 1 unspecified atom stereocenters. The number of benzene rings is 1. The molecule has 0 spiro atoms. The Bertz CT molecular complexity index is 487. The molecule has 2 rings (SSSR count). The second-order valence-corrected chi connectivity index (χ2v) is 4.32. The van der Waals surface area contributed by atoms with Gasteiger partial charge in [0.1, 0.15) is 0 Å². The van der Waals surface area contributed by atoms with Gasteiger partial charge in [-0.2, -0.15) is 0 Å². The Morgan fingerprint density at radius 2 is 1.75 bits per heavy atom. The number of rotatable bonds is 2. The maximum atomic E-state index is 9.10. The van der Waals surface area contributed by atoms with Gasteiger partial charge in [0, 0.05) is 6.54 Å². The van der Waals surface area contributed by atoms with Crippen LogP contribution in [0.5, 0.6) is 0 Å². The first kappa shape index (κ1) is 15.7. The van der Waals surface area contributed by atoms with Crippen molar-refractivity contribution in [3.05, 3.63) is 35.9 Å². The molecule has 0 saturated heterocycles. The third-order valence-corrected chi connectivity index (χ3v) is 3.03. The molecule has 2 N–H and O–H groups in total. The minimum absolute atomic E-state index is 0.447. The maximum absolute atomic E-state index is 9.10. The number of nitrogens with zero attached hydrogens (tertiary/aromatic N) is 2. The number of carboxylic acid groups (broad SMARTS) is 2. The van der Waals surface area contributed by atoms with Crippen molar-refractivity contribution >= 4 is 17.8 Å². The Morgan fingerprint density at radius 3 is 2.15 bits per heavy atom. The average molecular weight is 278 g/mol. The topological polar surface area (TPSA) is 90.2 Å². The third-order valence-electron chi connectivity index (χ3n) is 3.03. The Morgan fingerprint density at radius 1 is 1.20 bits per heavy atom. The van der Waals surface area contributed by atoms with Crippen molar-refractivity contribution in [1.29, 1.82) is 0 Å². The van der Waals surface area contributed by atoms with Crippen molar-refractivity contribution in [3.63, 3.8) is 0 Å². The fourth-order valence-corrected chi connectivity index (χ4v) is 1.96. The van der Waals surface area contributed by atoms with Crippen LogP contribution in [-0.4, -0.2) is 46.0 Å². The first-order chi connectivity index (χ1) is 9.43. The number of carboxylic acids is 2.